The highest BCUT2D eigenvalue weighted by Crippen LogP contribution is 2.21. The molecule has 0 spiro atoms. The predicted molar refractivity (Wildman–Crippen MR) is 62.9 cm³/mol. The fraction of sp³-hybridized carbons (Fsp3) is 0.200. The van der Waals surface area contributed by atoms with Crippen molar-refractivity contribution in [1.29, 1.82) is 0 Å². The van der Waals surface area contributed by atoms with Crippen LogP contribution in [0.25, 0.3) is 5.82 Å². The largest absolute Gasteiger partial charge is 0.463 e. The predicted octanol–water partition coefficient (Wildman–Crippen LogP) is 1.52. The summed E-state index contributed by atoms with van der Waals surface area (Å²) >= 11 is 3.41. The van der Waals surface area contributed by atoms with E-state index in [1.807, 2.05) is 13.0 Å². The van der Waals surface area contributed by atoms with Crippen molar-refractivity contribution in [3.05, 3.63) is 34.5 Å². The van der Waals surface area contributed by atoms with Gasteiger partial charge in [0.1, 0.15) is 6.33 Å². The Morgan fingerprint density at radius 2 is 2.24 bits per heavy atom. The molecule has 0 fully saturated rings. The van der Waals surface area contributed by atoms with Gasteiger partial charge < -0.3 is 4.74 Å². The Hall–Kier alpha value is -1.76. The Morgan fingerprint density at radius 3 is 2.94 bits per heavy atom. The van der Waals surface area contributed by atoms with Crippen LogP contribution in [0.2, 0.25) is 0 Å². The maximum absolute atomic E-state index is 11.2. The maximum atomic E-state index is 11.2. The average Bonchev–Trinajstić information content (AvgIpc) is 2.81. The summed E-state index contributed by atoms with van der Waals surface area (Å²) in [5.74, 6) is 0.00267. The number of methoxy groups -OCH3 is 1. The molecule has 0 aliphatic heterocycles. The Labute approximate surface area is 106 Å². The highest BCUT2D eigenvalue weighted by atomic mass is 79.9. The standard InChI is InChI=1S/C10H9BrN4O2/c1-6-3-4-12-9(7(6)11)15-5-13-8(14-15)10(16)17-2/h3-5H,1-2H3. The van der Waals surface area contributed by atoms with Gasteiger partial charge in [0.15, 0.2) is 5.82 Å². The van der Waals surface area contributed by atoms with Crippen LogP contribution in [0.5, 0.6) is 0 Å². The van der Waals surface area contributed by atoms with E-state index in [2.05, 4.69) is 35.7 Å². The molecule has 0 aliphatic carbocycles. The summed E-state index contributed by atoms with van der Waals surface area (Å²) in [6.07, 6.45) is 3.08. The van der Waals surface area contributed by atoms with Crippen LogP contribution in [-0.2, 0) is 4.74 Å². The summed E-state index contributed by atoms with van der Waals surface area (Å²) < 4.78 is 6.76. The summed E-state index contributed by atoms with van der Waals surface area (Å²) in [7, 11) is 1.28. The molecule has 2 rings (SSSR count). The first kappa shape index (κ1) is 11.7. The Morgan fingerprint density at radius 1 is 1.47 bits per heavy atom. The van der Waals surface area contributed by atoms with Crippen molar-refractivity contribution in [2.75, 3.05) is 7.11 Å². The zero-order chi connectivity index (χ0) is 12.4. The van der Waals surface area contributed by atoms with Gasteiger partial charge in [-0.1, -0.05) is 0 Å². The molecule has 0 bridgehead atoms. The molecule has 17 heavy (non-hydrogen) atoms. The Kier molecular flexibility index (Phi) is 3.19. The van der Waals surface area contributed by atoms with Crippen LogP contribution >= 0.6 is 15.9 Å². The van der Waals surface area contributed by atoms with Gasteiger partial charge in [-0.15, -0.1) is 5.10 Å². The van der Waals surface area contributed by atoms with Gasteiger partial charge >= 0.3 is 5.97 Å². The molecular weight excluding hydrogens is 288 g/mol. The number of hydrogen-bond acceptors (Lipinski definition) is 5. The minimum atomic E-state index is -0.576. The number of ether oxygens (including phenoxy) is 1. The van der Waals surface area contributed by atoms with Gasteiger partial charge in [-0.05, 0) is 34.5 Å². The number of rotatable bonds is 2. The van der Waals surface area contributed by atoms with Gasteiger partial charge in [-0.25, -0.2) is 19.4 Å². The highest BCUT2D eigenvalue weighted by molar-refractivity contribution is 9.10. The SMILES string of the molecule is COC(=O)c1ncn(-c2nccc(C)c2Br)n1. The van der Waals surface area contributed by atoms with Crippen LogP contribution in [0.1, 0.15) is 16.2 Å². The molecule has 0 unspecified atom stereocenters. The molecule has 2 aromatic rings. The van der Waals surface area contributed by atoms with Crippen molar-refractivity contribution >= 4 is 21.9 Å². The van der Waals surface area contributed by atoms with Gasteiger partial charge in [-0.3, -0.25) is 0 Å². The third kappa shape index (κ3) is 2.19. The van der Waals surface area contributed by atoms with E-state index in [0.717, 1.165) is 10.0 Å². The number of nitrogens with zero attached hydrogens (tertiary/aromatic N) is 4. The fourth-order valence-electron chi connectivity index (χ4n) is 1.24. The second kappa shape index (κ2) is 4.62. The first-order valence-electron chi connectivity index (χ1n) is 4.75. The summed E-state index contributed by atoms with van der Waals surface area (Å²) in [6, 6.07) is 1.87. The quantitative estimate of drug-likeness (QED) is 0.786. The second-order valence-corrected chi connectivity index (χ2v) is 4.06. The van der Waals surface area contributed by atoms with Crippen molar-refractivity contribution in [2.45, 2.75) is 6.92 Å². The van der Waals surface area contributed by atoms with Gasteiger partial charge in [0.05, 0.1) is 11.6 Å². The molecule has 2 heterocycles. The lowest BCUT2D eigenvalue weighted by Gasteiger charge is -2.04. The first-order valence-corrected chi connectivity index (χ1v) is 5.54. The minimum Gasteiger partial charge on any atom is -0.463 e. The van der Waals surface area contributed by atoms with Crippen molar-refractivity contribution in [3.8, 4) is 5.82 Å². The van der Waals surface area contributed by atoms with E-state index in [1.165, 1.54) is 18.1 Å². The molecule has 0 saturated heterocycles. The number of aromatic nitrogens is 4. The van der Waals surface area contributed by atoms with Crippen LogP contribution in [0.15, 0.2) is 23.1 Å². The Bertz CT molecular complexity index is 567. The van der Waals surface area contributed by atoms with Crippen LogP contribution < -0.4 is 0 Å². The van der Waals surface area contributed by atoms with Crippen LogP contribution in [-0.4, -0.2) is 32.8 Å². The number of carbonyl (C=O) groups is 1. The summed E-state index contributed by atoms with van der Waals surface area (Å²) in [4.78, 5) is 19.2. The van der Waals surface area contributed by atoms with Gasteiger partial charge in [0.2, 0.25) is 0 Å². The van der Waals surface area contributed by atoms with E-state index in [4.69, 9.17) is 0 Å². The zero-order valence-corrected chi connectivity index (χ0v) is 10.8. The minimum absolute atomic E-state index is 0.00251. The van der Waals surface area contributed by atoms with Crippen molar-refractivity contribution in [1.82, 2.24) is 19.7 Å². The molecule has 0 atom stereocenters. The number of pyridine rings is 1. The normalized spacial score (nSPS) is 10.3. The topological polar surface area (TPSA) is 69.9 Å². The van der Waals surface area contributed by atoms with Crippen LogP contribution in [0.4, 0.5) is 0 Å². The summed E-state index contributed by atoms with van der Waals surface area (Å²) in [6.45, 7) is 1.94. The first-order chi connectivity index (χ1) is 8.13. The lowest BCUT2D eigenvalue weighted by atomic mass is 10.3. The van der Waals surface area contributed by atoms with E-state index in [1.54, 1.807) is 6.20 Å². The zero-order valence-electron chi connectivity index (χ0n) is 9.22. The van der Waals surface area contributed by atoms with E-state index >= 15 is 0 Å². The van der Waals surface area contributed by atoms with E-state index in [-0.39, 0.29) is 5.82 Å². The lowest BCUT2D eigenvalue weighted by Crippen LogP contribution is -2.06. The van der Waals surface area contributed by atoms with Gasteiger partial charge in [0.25, 0.3) is 5.82 Å². The smallest absolute Gasteiger partial charge is 0.377 e. The molecule has 6 nitrogen and oxygen atoms in total. The summed E-state index contributed by atoms with van der Waals surface area (Å²) in [5.41, 5.74) is 1.02. The number of esters is 1. The fourth-order valence-corrected chi connectivity index (χ4v) is 1.65. The molecule has 0 amide bonds. The summed E-state index contributed by atoms with van der Waals surface area (Å²) in [5, 5.41) is 3.99. The molecule has 0 radical (unpaired) electrons. The number of carbonyl (C=O) groups excluding carboxylic acids is 1. The monoisotopic (exact) mass is 296 g/mol. The van der Waals surface area contributed by atoms with Crippen LogP contribution in [0.3, 0.4) is 0 Å². The molecule has 2 aromatic heterocycles. The van der Waals surface area contributed by atoms with Crippen molar-refractivity contribution in [3.63, 3.8) is 0 Å². The van der Waals surface area contributed by atoms with E-state index in [0.29, 0.717) is 5.82 Å². The highest BCUT2D eigenvalue weighted by Gasteiger charge is 2.14. The Balaban J connectivity index is 2.44. The number of aryl methyl sites for hydroxylation is 1. The van der Waals surface area contributed by atoms with Gasteiger partial charge in [-0.2, -0.15) is 0 Å². The molecule has 0 saturated carbocycles. The molecule has 0 aromatic carbocycles. The lowest BCUT2D eigenvalue weighted by molar-refractivity contribution is 0.0587. The average molecular weight is 297 g/mol. The van der Waals surface area contributed by atoms with Crippen molar-refractivity contribution < 1.29 is 9.53 Å². The van der Waals surface area contributed by atoms with Crippen molar-refractivity contribution in [2.24, 2.45) is 0 Å². The third-order valence-electron chi connectivity index (χ3n) is 2.14. The second-order valence-electron chi connectivity index (χ2n) is 3.27. The molecular formula is C10H9BrN4O2. The van der Waals surface area contributed by atoms with E-state index < -0.39 is 5.97 Å². The van der Waals surface area contributed by atoms with Crippen LogP contribution in [0, 0.1) is 6.92 Å². The molecule has 88 valence electrons. The van der Waals surface area contributed by atoms with Gasteiger partial charge in [0, 0.05) is 6.20 Å². The third-order valence-corrected chi connectivity index (χ3v) is 3.12. The molecule has 7 heteroatoms. The number of halogens is 1. The molecule has 0 N–H and O–H groups in total. The number of hydrogen-bond donors (Lipinski definition) is 0. The van der Waals surface area contributed by atoms with E-state index in [9.17, 15) is 4.79 Å². The molecule has 0 aliphatic rings. The maximum Gasteiger partial charge on any atom is 0.377 e.